The molecule has 5 heteroatoms. The Morgan fingerprint density at radius 2 is 2.33 bits per heavy atom. The molecule has 0 aliphatic carbocycles. The summed E-state index contributed by atoms with van der Waals surface area (Å²) < 4.78 is 3.14. The van der Waals surface area contributed by atoms with Crippen LogP contribution in [0.25, 0.3) is 0 Å². The highest BCUT2D eigenvalue weighted by Crippen LogP contribution is 2.25. The molecule has 1 aromatic rings. The number of rotatable bonds is 6. The van der Waals surface area contributed by atoms with Crippen LogP contribution in [0.3, 0.4) is 0 Å². The number of hydrogen-bond donors (Lipinski definition) is 1. The highest BCUT2D eigenvalue weighted by molar-refractivity contribution is 9.10. The van der Waals surface area contributed by atoms with Crippen molar-refractivity contribution in [1.82, 2.24) is 15.1 Å². The first-order valence-electron chi connectivity index (χ1n) is 5.20. The van der Waals surface area contributed by atoms with Crippen LogP contribution in [0.2, 0.25) is 0 Å². The largest absolute Gasteiger partial charge is 0.311 e. The van der Waals surface area contributed by atoms with Gasteiger partial charge in [0.05, 0.1) is 22.4 Å². The summed E-state index contributed by atoms with van der Waals surface area (Å²) in [4.78, 5) is 0. The molecule has 1 aromatic heterocycles. The quantitative estimate of drug-likeness (QED) is 0.874. The van der Waals surface area contributed by atoms with E-state index in [2.05, 4.69) is 40.2 Å². The molecule has 1 heterocycles. The van der Waals surface area contributed by atoms with Crippen LogP contribution in [0.1, 0.15) is 25.6 Å². The molecule has 0 saturated heterocycles. The predicted molar refractivity (Wildman–Crippen MR) is 70.4 cm³/mol. The van der Waals surface area contributed by atoms with Gasteiger partial charge in [0.25, 0.3) is 0 Å². The zero-order valence-electron chi connectivity index (χ0n) is 9.46. The smallest absolute Gasteiger partial charge is 0.0703 e. The van der Waals surface area contributed by atoms with Crippen molar-refractivity contribution in [3.05, 3.63) is 16.4 Å². The van der Waals surface area contributed by atoms with Crippen molar-refractivity contribution >= 4 is 27.7 Å². The fourth-order valence-electron chi connectivity index (χ4n) is 1.51. The number of hydrogen-bond acceptors (Lipinski definition) is 3. The van der Waals surface area contributed by atoms with E-state index >= 15 is 0 Å². The molecule has 3 nitrogen and oxygen atoms in total. The Morgan fingerprint density at radius 3 is 2.87 bits per heavy atom. The van der Waals surface area contributed by atoms with Gasteiger partial charge in [0, 0.05) is 12.3 Å². The van der Waals surface area contributed by atoms with Crippen LogP contribution >= 0.6 is 27.7 Å². The van der Waals surface area contributed by atoms with E-state index in [0.29, 0.717) is 6.04 Å². The number of halogens is 1. The number of nitrogens with one attached hydrogen (secondary N) is 1. The molecule has 1 atom stereocenters. The second-order valence-corrected chi connectivity index (χ2v) is 5.37. The third kappa shape index (κ3) is 3.23. The summed E-state index contributed by atoms with van der Waals surface area (Å²) in [5.74, 6) is 2.23. The summed E-state index contributed by atoms with van der Waals surface area (Å²) in [6, 6.07) is 0.367. The lowest BCUT2D eigenvalue weighted by Gasteiger charge is -2.17. The predicted octanol–water partition coefficient (Wildman–Crippen LogP) is 2.68. The minimum atomic E-state index is 0.367. The van der Waals surface area contributed by atoms with E-state index in [4.69, 9.17) is 0 Å². The van der Waals surface area contributed by atoms with Gasteiger partial charge in [-0.2, -0.15) is 16.9 Å². The minimum Gasteiger partial charge on any atom is -0.311 e. The third-order valence-corrected chi connectivity index (χ3v) is 3.89. The van der Waals surface area contributed by atoms with E-state index in [1.54, 1.807) is 0 Å². The van der Waals surface area contributed by atoms with Crippen LogP contribution in [0.5, 0.6) is 0 Å². The average molecular weight is 292 g/mol. The zero-order chi connectivity index (χ0) is 11.3. The van der Waals surface area contributed by atoms with Gasteiger partial charge in [0.2, 0.25) is 0 Å². The molecule has 0 saturated carbocycles. The Morgan fingerprint density at radius 1 is 1.60 bits per heavy atom. The van der Waals surface area contributed by atoms with Crippen molar-refractivity contribution in [2.75, 3.05) is 18.6 Å². The van der Waals surface area contributed by atoms with E-state index in [1.165, 1.54) is 5.69 Å². The van der Waals surface area contributed by atoms with Crippen LogP contribution < -0.4 is 5.32 Å². The first-order valence-corrected chi connectivity index (χ1v) is 7.15. The van der Waals surface area contributed by atoms with E-state index in [0.717, 1.165) is 22.5 Å². The van der Waals surface area contributed by atoms with Crippen LogP contribution in [0.15, 0.2) is 10.7 Å². The third-order valence-electron chi connectivity index (χ3n) is 2.30. The van der Waals surface area contributed by atoms with Crippen LogP contribution in [-0.2, 0) is 6.54 Å². The zero-order valence-corrected chi connectivity index (χ0v) is 11.9. The molecule has 0 aliphatic rings. The maximum atomic E-state index is 4.33. The molecule has 1 unspecified atom stereocenters. The summed E-state index contributed by atoms with van der Waals surface area (Å²) in [7, 11) is 2.00. The molecule has 0 amide bonds. The molecule has 0 aromatic carbocycles. The molecular formula is C10H18BrN3S. The van der Waals surface area contributed by atoms with Gasteiger partial charge in [-0.15, -0.1) is 0 Å². The molecule has 0 radical (unpaired) electrons. The van der Waals surface area contributed by atoms with Gasteiger partial charge in [-0.25, -0.2) is 0 Å². The van der Waals surface area contributed by atoms with Crippen LogP contribution in [0, 0.1) is 0 Å². The Bertz CT molecular complexity index is 301. The van der Waals surface area contributed by atoms with E-state index < -0.39 is 0 Å². The maximum Gasteiger partial charge on any atom is 0.0703 e. The Balaban J connectivity index is 2.84. The summed E-state index contributed by atoms with van der Waals surface area (Å²) in [6.07, 6.45) is 1.87. The first-order chi connectivity index (χ1) is 7.24. The molecular weight excluding hydrogens is 274 g/mol. The van der Waals surface area contributed by atoms with Crippen LogP contribution in [0.4, 0.5) is 0 Å². The topological polar surface area (TPSA) is 29.9 Å². The van der Waals surface area contributed by atoms with Gasteiger partial charge >= 0.3 is 0 Å². The van der Waals surface area contributed by atoms with Gasteiger partial charge in [0.15, 0.2) is 0 Å². The van der Waals surface area contributed by atoms with Crippen LogP contribution in [-0.4, -0.2) is 28.3 Å². The number of thioether (sulfide) groups is 1. The summed E-state index contributed by atoms with van der Waals surface area (Å²) >= 11 is 5.50. The average Bonchev–Trinajstić information content (AvgIpc) is 2.62. The SMILES string of the molecule is CCSCC(NC)c1c(Br)cnn1CC. The van der Waals surface area contributed by atoms with Crippen molar-refractivity contribution in [1.29, 1.82) is 0 Å². The molecule has 1 N–H and O–H groups in total. The molecule has 86 valence electrons. The minimum absolute atomic E-state index is 0.367. The molecule has 15 heavy (non-hydrogen) atoms. The summed E-state index contributed by atoms with van der Waals surface area (Å²) in [5.41, 5.74) is 1.25. The molecule has 1 rings (SSSR count). The molecule has 0 fully saturated rings. The monoisotopic (exact) mass is 291 g/mol. The second kappa shape index (κ2) is 6.55. The lowest BCUT2D eigenvalue weighted by molar-refractivity contribution is 0.547. The lowest BCUT2D eigenvalue weighted by atomic mass is 10.2. The fraction of sp³-hybridized carbons (Fsp3) is 0.700. The number of aromatic nitrogens is 2. The standard InChI is InChI=1S/C10H18BrN3S/c1-4-14-10(8(11)6-13-14)9(12-3)7-15-5-2/h6,9,12H,4-5,7H2,1-3H3. The van der Waals surface area contributed by atoms with Crippen molar-refractivity contribution in [3.8, 4) is 0 Å². The van der Waals surface area contributed by atoms with Gasteiger partial charge in [-0.3, -0.25) is 4.68 Å². The Kier molecular flexibility index (Phi) is 5.71. The first kappa shape index (κ1) is 13.1. The van der Waals surface area contributed by atoms with E-state index in [9.17, 15) is 0 Å². The normalized spacial score (nSPS) is 13.1. The van der Waals surface area contributed by atoms with E-state index in [1.807, 2.05) is 29.7 Å². The lowest BCUT2D eigenvalue weighted by Crippen LogP contribution is -2.22. The van der Waals surface area contributed by atoms with Gasteiger partial charge in [-0.1, -0.05) is 6.92 Å². The van der Waals surface area contributed by atoms with Gasteiger partial charge in [-0.05, 0) is 35.7 Å². The Labute approximate surface area is 104 Å². The van der Waals surface area contributed by atoms with Gasteiger partial charge < -0.3 is 5.32 Å². The Hall–Kier alpha value is 0. The van der Waals surface area contributed by atoms with Crippen molar-refractivity contribution in [3.63, 3.8) is 0 Å². The molecule has 0 spiro atoms. The summed E-state index contributed by atoms with van der Waals surface area (Å²) in [5, 5.41) is 7.67. The second-order valence-electron chi connectivity index (χ2n) is 3.19. The highest BCUT2D eigenvalue weighted by Gasteiger charge is 2.17. The van der Waals surface area contributed by atoms with Gasteiger partial charge in [0.1, 0.15) is 0 Å². The van der Waals surface area contributed by atoms with Crippen molar-refractivity contribution in [2.24, 2.45) is 0 Å². The summed E-state index contributed by atoms with van der Waals surface area (Å²) in [6.45, 7) is 5.21. The van der Waals surface area contributed by atoms with Crippen molar-refractivity contribution in [2.45, 2.75) is 26.4 Å². The number of nitrogens with zero attached hydrogens (tertiary/aromatic N) is 2. The highest BCUT2D eigenvalue weighted by atomic mass is 79.9. The molecule has 0 aliphatic heterocycles. The van der Waals surface area contributed by atoms with E-state index in [-0.39, 0.29) is 0 Å². The molecule has 0 bridgehead atoms. The maximum absolute atomic E-state index is 4.33. The van der Waals surface area contributed by atoms with Crippen molar-refractivity contribution < 1.29 is 0 Å². The fourth-order valence-corrected chi connectivity index (χ4v) is 2.87. The number of aryl methyl sites for hydroxylation is 1.